The second-order valence-electron chi connectivity index (χ2n) is 5.34. The number of ether oxygens (including phenoxy) is 2. The molecule has 6 nitrogen and oxygen atoms in total. The van der Waals surface area contributed by atoms with E-state index >= 15 is 0 Å². The summed E-state index contributed by atoms with van der Waals surface area (Å²) < 4.78 is 10.4. The number of rotatable bonds is 7. The van der Waals surface area contributed by atoms with Crippen molar-refractivity contribution in [1.82, 2.24) is 5.32 Å². The van der Waals surface area contributed by atoms with Crippen LogP contribution in [-0.4, -0.2) is 25.5 Å². The molecule has 2 aromatic carbocycles. The van der Waals surface area contributed by atoms with Crippen LogP contribution < -0.4 is 15.4 Å². The van der Waals surface area contributed by atoms with Crippen LogP contribution in [-0.2, 0) is 27.5 Å². The first-order valence-corrected chi connectivity index (χ1v) is 8.01. The molecule has 0 aromatic heterocycles. The maximum atomic E-state index is 11.9. The minimum absolute atomic E-state index is 0.281. The van der Waals surface area contributed by atoms with Crippen LogP contribution in [0.5, 0.6) is 5.75 Å². The Hall–Kier alpha value is -2.86. The lowest BCUT2D eigenvalue weighted by Crippen LogP contribution is -2.34. The van der Waals surface area contributed by atoms with Gasteiger partial charge in [-0.15, -0.1) is 0 Å². The van der Waals surface area contributed by atoms with Crippen LogP contribution in [0.1, 0.15) is 18.1 Å². The van der Waals surface area contributed by atoms with E-state index in [1.54, 1.807) is 31.4 Å². The third kappa shape index (κ3) is 5.93. The van der Waals surface area contributed by atoms with Gasteiger partial charge in [0.05, 0.1) is 13.2 Å². The molecule has 0 bridgehead atoms. The summed E-state index contributed by atoms with van der Waals surface area (Å²) in [6, 6.07) is 14.5. The quantitative estimate of drug-likeness (QED) is 0.758. The number of nitrogens with one attached hydrogen (secondary N) is 2. The zero-order chi connectivity index (χ0) is 18.1. The fourth-order valence-corrected chi connectivity index (χ4v) is 2.17. The van der Waals surface area contributed by atoms with Crippen molar-refractivity contribution in [2.24, 2.45) is 0 Å². The van der Waals surface area contributed by atoms with Crippen molar-refractivity contribution >= 4 is 17.5 Å². The van der Waals surface area contributed by atoms with E-state index in [0.29, 0.717) is 24.7 Å². The standard InChI is InChI=1S/C19H22N2O4/c1-3-25-17-10-8-16(9-11-17)21-19(23)18(22)20-12-14-4-6-15(7-5-14)13-24-2/h4-11H,3,12-13H2,1-2H3,(H,20,22)(H,21,23). The molecule has 2 rings (SSSR count). The van der Waals surface area contributed by atoms with Crippen LogP contribution in [0.2, 0.25) is 0 Å². The molecule has 0 aliphatic carbocycles. The molecular formula is C19H22N2O4. The van der Waals surface area contributed by atoms with E-state index in [4.69, 9.17) is 9.47 Å². The average molecular weight is 342 g/mol. The highest BCUT2D eigenvalue weighted by atomic mass is 16.5. The zero-order valence-corrected chi connectivity index (χ0v) is 14.4. The topological polar surface area (TPSA) is 76.7 Å². The molecule has 0 spiro atoms. The maximum Gasteiger partial charge on any atom is 0.313 e. The Balaban J connectivity index is 1.82. The number of anilines is 1. The number of amides is 2. The van der Waals surface area contributed by atoms with Crippen LogP contribution in [0.15, 0.2) is 48.5 Å². The first-order valence-electron chi connectivity index (χ1n) is 8.01. The van der Waals surface area contributed by atoms with Gasteiger partial charge in [-0.3, -0.25) is 9.59 Å². The molecular weight excluding hydrogens is 320 g/mol. The van der Waals surface area contributed by atoms with Crippen molar-refractivity contribution in [1.29, 1.82) is 0 Å². The normalized spacial score (nSPS) is 10.2. The van der Waals surface area contributed by atoms with Crippen LogP contribution >= 0.6 is 0 Å². The van der Waals surface area contributed by atoms with Crippen molar-refractivity contribution < 1.29 is 19.1 Å². The summed E-state index contributed by atoms with van der Waals surface area (Å²) in [7, 11) is 1.64. The molecule has 2 amide bonds. The predicted octanol–water partition coefficient (Wildman–Crippen LogP) is 2.49. The van der Waals surface area contributed by atoms with Crippen molar-refractivity contribution in [2.45, 2.75) is 20.1 Å². The van der Waals surface area contributed by atoms with Crippen LogP contribution in [0, 0.1) is 0 Å². The second-order valence-corrected chi connectivity index (χ2v) is 5.34. The van der Waals surface area contributed by atoms with Crippen LogP contribution in [0.25, 0.3) is 0 Å². The summed E-state index contributed by atoms with van der Waals surface area (Å²) in [6.45, 7) is 3.28. The Morgan fingerprint density at radius 1 is 0.920 bits per heavy atom. The highest BCUT2D eigenvalue weighted by Crippen LogP contribution is 2.15. The number of methoxy groups -OCH3 is 1. The summed E-state index contributed by atoms with van der Waals surface area (Å²) in [5.41, 5.74) is 2.49. The van der Waals surface area contributed by atoms with E-state index in [-0.39, 0.29) is 6.54 Å². The lowest BCUT2D eigenvalue weighted by Gasteiger charge is -2.08. The Labute approximate surface area is 147 Å². The second kappa shape index (κ2) is 9.44. The summed E-state index contributed by atoms with van der Waals surface area (Å²) >= 11 is 0. The molecule has 0 aliphatic heterocycles. The highest BCUT2D eigenvalue weighted by molar-refractivity contribution is 6.39. The van der Waals surface area contributed by atoms with Gasteiger partial charge in [0.25, 0.3) is 0 Å². The van der Waals surface area contributed by atoms with Crippen LogP contribution in [0.4, 0.5) is 5.69 Å². The van der Waals surface area contributed by atoms with Gasteiger partial charge in [0.2, 0.25) is 0 Å². The molecule has 0 fully saturated rings. The largest absolute Gasteiger partial charge is 0.494 e. The SMILES string of the molecule is CCOc1ccc(NC(=O)C(=O)NCc2ccc(COC)cc2)cc1. The van der Waals surface area contributed by atoms with Gasteiger partial charge in [-0.2, -0.15) is 0 Å². The lowest BCUT2D eigenvalue weighted by atomic mass is 10.1. The molecule has 0 heterocycles. The number of carbonyl (C=O) groups excluding carboxylic acids is 2. The van der Waals surface area contributed by atoms with Gasteiger partial charge in [-0.25, -0.2) is 0 Å². The third-order valence-corrected chi connectivity index (χ3v) is 3.42. The molecule has 132 valence electrons. The summed E-state index contributed by atoms with van der Waals surface area (Å²) in [5.74, 6) is -0.683. The fourth-order valence-electron chi connectivity index (χ4n) is 2.17. The van der Waals surface area contributed by atoms with Gasteiger partial charge in [0.1, 0.15) is 5.75 Å². The van der Waals surface area contributed by atoms with Crippen molar-refractivity contribution in [3.8, 4) is 5.75 Å². The lowest BCUT2D eigenvalue weighted by molar-refractivity contribution is -0.136. The number of hydrogen-bond acceptors (Lipinski definition) is 4. The first-order chi connectivity index (χ1) is 12.1. The molecule has 0 atom stereocenters. The number of benzene rings is 2. The molecule has 0 radical (unpaired) electrons. The average Bonchev–Trinajstić information content (AvgIpc) is 2.63. The highest BCUT2D eigenvalue weighted by Gasteiger charge is 2.13. The molecule has 0 saturated heterocycles. The van der Waals surface area contributed by atoms with Gasteiger partial charge >= 0.3 is 11.8 Å². The van der Waals surface area contributed by atoms with E-state index in [2.05, 4.69) is 10.6 Å². The molecule has 0 aliphatic rings. The van der Waals surface area contributed by atoms with E-state index in [1.807, 2.05) is 31.2 Å². The smallest absolute Gasteiger partial charge is 0.313 e. The summed E-state index contributed by atoms with van der Waals surface area (Å²) in [5, 5.41) is 5.15. The minimum Gasteiger partial charge on any atom is -0.494 e. The van der Waals surface area contributed by atoms with Gasteiger partial charge in [-0.1, -0.05) is 24.3 Å². The summed E-state index contributed by atoms with van der Waals surface area (Å²) in [6.07, 6.45) is 0. The molecule has 0 unspecified atom stereocenters. The summed E-state index contributed by atoms with van der Waals surface area (Å²) in [4.78, 5) is 23.8. The number of carbonyl (C=O) groups is 2. The minimum atomic E-state index is -0.708. The predicted molar refractivity (Wildman–Crippen MR) is 95.2 cm³/mol. The van der Waals surface area contributed by atoms with Crippen molar-refractivity contribution in [3.63, 3.8) is 0 Å². The Bertz CT molecular complexity index is 696. The van der Waals surface area contributed by atoms with Crippen LogP contribution in [0.3, 0.4) is 0 Å². The maximum absolute atomic E-state index is 11.9. The zero-order valence-electron chi connectivity index (χ0n) is 14.4. The van der Waals surface area contributed by atoms with E-state index in [1.165, 1.54) is 0 Å². The van der Waals surface area contributed by atoms with E-state index in [9.17, 15) is 9.59 Å². The Morgan fingerprint density at radius 2 is 1.56 bits per heavy atom. The van der Waals surface area contributed by atoms with Gasteiger partial charge in [0.15, 0.2) is 0 Å². The molecule has 0 saturated carbocycles. The van der Waals surface area contributed by atoms with E-state index < -0.39 is 11.8 Å². The monoisotopic (exact) mass is 342 g/mol. The molecule has 6 heteroatoms. The van der Waals surface area contributed by atoms with Gasteiger partial charge in [-0.05, 0) is 42.3 Å². The molecule has 25 heavy (non-hydrogen) atoms. The van der Waals surface area contributed by atoms with Gasteiger partial charge in [0, 0.05) is 19.3 Å². The van der Waals surface area contributed by atoms with E-state index in [0.717, 1.165) is 11.1 Å². The molecule has 2 aromatic rings. The third-order valence-electron chi connectivity index (χ3n) is 3.42. The Morgan fingerprint density at radius 3 is 2.16 bits per heavy atom. The Kier molecular flexibility index (Phi) is 6.98. The van der Waals surface area contributed by atoms with Gasteiger partial charge < -0.3 is 20.1 Å². The van der Waals surface area contributed by atoms with Crippen molar-refractivity contribution in [2.75, 3.05) is 19.0 Å². The number of hydrogen-bond donors (Lipinski definition) is 2. The van der Waals surface area contributed by atoms with Crippen molar-refractivity contribution in [3.05, 3.63) is 59.7 Å². The first kappa shape index (κ1) is 18.5. The molecule has 2 N–H and O–H groups in total. The fraction of sp³-hybridized carbons (Fsp3) is 0.263.